The Kier molecular flexibility index (Phi) is 4.77. The Balaban J connectivity index is 1.92. The first-order valence-corrected chi connectivity index (χ1v) is 8.63. The van der Waals surface area contributed by atoms with E-state index < -0.39 is 9.84 Å². The molecule has 1 unspecified atom stereocenters. The molecular formula is C14H20N2O3S. The van der Waals surface area contributed by atoms with Gasteiger partial charge in [-0.2, -0.15) is 0 Å². The lowest BCUT2D eigenvalue weighted by Crippen LogP contribution is -2.46. The van der Waals surface area contributed by atoms with E-state index in [0.29, 0.717) is 6.54 Å². The maximum atomic E-state index is 11.9. The minimum Gasteiger partial charge on any atom is -0.326 e. The van der Waals surface area contributed by atoms with E-state index in [0.717, 1.165) is 17.7 Å². The quantitative estimate of drug-likeness (QED) is 0.868. The van der Waals surface area contributed by atoms with Crippen LogP contribution in [-0.2, 0) is 21.1 Å². The van der Waals surface area contributed by atoms with E-state index in [1.807, 2.05) is 24.3 Å². The van der Waals surface area contributed by atoms with Crippen LogP contribution in [0, 0.1) is 0 Å². The second-order valence-electron chi connectivity index (χ2n) is 5.07. The van der Waals surface area contributed by atoms with Gasteiger partial charge < -0.3 is 10.6 Å². The molecule has 0 radical (unpaired) electrons. The van der Waals surface area contributed by atoms with Crippen LogP contribution < -0.4 is 10.6 Å². The Labute approximate surface area is 119 Å². The average molecular weight is 296 g/mol. The zero-order valence-electron chi connectivity index (χ0n) is 11.6. The maximum absolute atomic E-state index is 11.9. The Hall–Kier alpha value is -1.40. The first-order chi connectivity index (χ1) is 9.48. The summed E-state index contributed by atoms with van der Waals surface area (Å²) in [6, 6.07) is 7.39. The molecule has 0 bridgehead atoms. The summed E-state index contributed by atoms with van der Waals surface area (Å²) in [5.41, 5.74) is 1.91. The van der Waals surface area contributed by atoms with Crippen LogP contribution in [0.25, 0.3) is 0 Å². The molecule has 0 saturated carbocycles. The van der Waals surface area contributed by atoms with Gasteiger partial charge in [-0.15, -0.1) is 0 Å². The fourth-order valence-corrected chi connectivity index (χ4v) is 3.75. The Morgan fingerprint density at radius 3 is 2.95 bits per heavy atom. The Morgan fingerprint density at radius 1 is 1.45 bits per heavy atom. The number of anilines is 1. The van der Waals surface area contributed by atoms with Gasteiger partial charge in [-0.3, -0.25) is 4.79 Å². The second kappa shape index (κ2) is 6.37. The lowest BCUT2D eigenvalue weighted by Gasteiger charge is -2.23. The fourth-order valence-electron chi connectivity index (χ4n) is 2.30. The highest BCUT2D eigenvalue weighted by Gasteiger charge is 2.25. The molecule has 5 nitrogen and oxygen atoms in total. The van der Waals surface area contributed by atoms with Crippen molar-refractivity contribution >= 4 is 21.4 Å². The Morgan fingerprint density at radius 2 is 2.25 bits per heavy atom. The number of hydrogen-bond donors (Lipinski definition) is 2. The second-order valence-corrected chi connectivity index (χ2v) is 7.30. The van der Waals surface area contributed by atoms with Crippen LogP contribution in [0.15, 0.2) is 24.3 Å². The number of carbonyl (C=O) groups is 1. The molecule has 1 heterocycles. The van der Waals surface area contributed by atoms with Crippen LogP contribution in [0.3, 0.4) is 0 Å². The summed E-state index contributed by atoms with van der Waals surface area (Å²) in [6.07, 6.45) is 1.09. The molecule has 1 aliphatic heterocycles. The molecule has 1 aromatic rings. The van der Waals surface area contributed by atoms with Crippen LogP contribution in [0.4, 0.5) is 5.69 Å². The predicted molar refractivity (Wildman–Crippen MR) is 79.5 cm³/mol. The molecule has 1 amide bonds. The smallest absolute Gasteiger partial charge is 0.225 e. The van der Waals surface area contributed by atoms with Crippen LogP contribution in [0.2, 0.25) is 0 Å². The lowest BCUT2D eigenvalue weighted by atomic mass is 10.1. The number of nitrogens with one attached hydrogen (secondary N) is 2. The van der Waals surface area contributed by atoms with E-state index in [1.165, 1.54) is 0 Å². The standard InChI is InChI=1S/C14H20N2O3S/c1-2-11-4-3-5-12(8-11)16-14(17)9-13-10-20(18,19)7-6-15-13/h3-5,8,13,15H,2,6-7,9-10H2,1H3,(H,16,17). The molecule has 6 heteroatoms. The van der Waals surface area contributed by atoms with Crippen molar-refractivity contribution in [1.29, 1.82) is 0 Å². The molecule has 2 N–H and O–H groups in total. The molecule has 0 aromatic heterocycles. The number of hydrogen-bond acceptors (Lipinski definition) is 4. The van der Waals surface area contributed by atoms with Crippen molar-refractivity contribution in [3.8, 4) is 0 Å². The van der Waals surface area contributed by atoms with Gasteiger partial charge in [0.25, 0.3) is 0 Å². The highest BCUT2D eigenvalue weighted by Crippen LogP contribution is 2.12. The van der Waals surface area contributed by atoms with E-state index in [4.69, 9.17) is 0 Å². The molecule has 0 spiro atoms. The van der Waals surface area contributed by atoms with Crippen LogP contribution >= 0.6 is 0 Å². The third-order valence-electron chi connectivity index (χ3n) is 3.35. The van der Waals surface area contributed by atoms with Gasteiger partial charge in [0.05, 0.1) is 11.5 Å². The van der Waals surface area contributed by atoms with E-state index in [1.54, 1.807) is 0 Å². The minimum atomic E-state index is -3.00. The van der Waals surface area contributed by atoms with Crippen molar-refractivity contribution in [3.63, 3.8) is 0 Å². The van der Waals surface area contributed by atoms with Gasteiger partial charge in [-0.05, 0) is 24.1 Å². The van der Waals surface area contributed by atoms with Gasteiger partial charge in [0.2, 0.25) is 5.91 Å². The molecule has 1 aliphatic rings. The number of benzene rings is 1. The summed E-state index contributed by atoms with van der Waals surface area (Å²) in [4.78, 5) is 11.9. The van der Waals surface area contributed by atoms with Crippen molar-refractivity contribution in [2.45, 2.75) is 25.8 Å². The normalized spacial score (nSPS) is 21.4. The van der Waals surface area contributed by atoms with E-state index in [9.17, 15) is 13.2 Å². The summed E-state index contributed by atoms with van der Waals surface area (Å²) < 4.78 is 23.0. The number of amides is 1. The first-order valence-electron chi connectivity index (χ1n) is 6.81. The SMILES string of the molecule is CCc1cccc(NC(=O)CC2CS(=O)(=O)CCN2)c1. The zero-order chi connectivity index (χ0) is 14.6. The van der Waals surface area contributed by atoms with E-state index in [2.05, 4.69) is 17.6 Å². The van der Waals surface area contributed by atoms with E-state index >= 15 is 0 Å². The van der Waals surface area contributed by atoms with Crippen molar-refractivity contribution in [2.24, 2.45) is 0 Å². The van der Waals surface area contributed by atoms with Crippen molar-refractivity contribution in [3.05, 3.63) is 29.8 Å². The average Bonchev–Trinajstić information content (AvgIpc) is 2.37. The third-order valence-corrected chi connectivity index (χ3v) is 5.09. The third kappa shape index (κ3) is 4.31. The topological polar surface area (TPSA) is 75.3 Å². The number of aryl methyl sites for hydroxylation is 1. The molecule has 110 valence electrons. The summed E-state index contributed by atoms with van der Waals surface area (Å²) >= 11 is 0. The fraction of sp³-hybridized carbons (Fsp3) is 0.500. The molecule has 2 rings (SSSR count). The monoisotopic (exact) mass is 296 g/mol. The van der Waals surface area contributed by atoms with Gasteiger partial charge in [-0.25, -0.2) is 8.42 Å². The first kappa shape index (κ1) is 15.0. The molecular weight excluding hydrogens is 276 g/mol. The van der Waals surface area contributed by atoms with Crippen LogP contribution in [-0.4, -0.2) is 38.4 Å². The molecule has 1 aromatic carbocycles. The van der Waals surface area contributed by atoms with Gasteiger partial charge in [-0.1, -0.05) is 19.1 Å². The molecule has 20 heavy (non-hydrogen) atoms. The van der Waals surface area contributed by atoms with Gasteiger partial charge in [0, 0.05) is 24.7 Å². The molecule has 1 saturated heterocycles. The van der Waals surface area contributed by atoms with Crippen molar-refractivity contribution in [2.75, 3.05) is 23.4 Å². The molecule has 1 fully saturated rings. The minimum absolute atomic E-state index is 0.0371. The van der Waals surface area contributed by atoms with E-state index in [-0.39, 0.29) is 29.9 Å². The number of sulfone groups is 1. The largest absolute Gasteiger partial charge is 0.326 e. The lowest BCUT2D eigenvalue weighted by molar-refractivity contribution is -0.116. The Bertz CT molecular complexity index is 584. The molecule has 0 aliphatic carbocycles. The van der Waals surface area contributed by atoms with Gasteiger partial charge in [0.1, 0.15) is 0 Å². The maximum Gasteiger partial charge on any atom is 0.225 e. The van der Waals surface area contributed by atoms with Crippen LogP contribution in [0.5, 0.6) is 0 Å². The van der Waals surface area contributed by atoms with Gasteiger partial charge in [0.15, 0.2) is 9.84 Å². The summed E-state index contributed by atoms with van der Waals surface area (Å²) in [7, 11) is -3.00. The summed E-state index contributed by atoms with van der Waals surface area (Å²) in [6.45, 7) is 2.48. The predicted octanol–water partition coefficient (Wildman–Crippen LogP) is 0.964. The van der Waals surface area contributed by atoms with Crippen molar-refractivity contribution in [1.82, 2.24) is 5.32 Å². The van der Waals surface area contributed by atoms with Gasteiger partial charge >= 0.3 is 0 Å². The number of carbonyl (C=O) groups excluding carboxylic acids is 1. The zero-order valence-corrected chi connectivity index (χ0v) is 12.4. The number of rotatable bonds is 4. The summed E-state index contributed by atoms with van der Waals surface area (Å²) in [5, 5.41) is 5.89. The highest BCUT2D eigenvalue weighted by atomic mass is 32.2. The van der Waals surface area contributed by atoms with Crippen molar-refractivity contribution < 1.29 is 13.2 Å². The molecule has 1 atom stereocenters. The van der Waals surface area contributed by atoms with Crippen LogP contribution in [0.1, 0.15) is 18.9 Å². The summed E-state index contributed by atoms with van der Waals surface area (Å²) in [5.74, 6) is 0.0341. The highest BCUT2D eigenvalue weighted by molar-refractivity contribution is 7.91.